The van der Waals surface area contributed by atoms with Crippen molar-refractivity contribution in [1.82, 2.24) is 0 Å². The first kappa shape index (κ1) is 17.7. The van der Waals surface area contributed by atoms with Crippen molar-refractivity contribution < 1.29 is 18.6 Å². The lowest BCUT2D eigenvalue weighted by atomic mass is 9.88. The molecule has 0 aromatic heterocycles. The Kier molecular flexibility index (Phi) is 4.97. The highest BCUT2D eigenvalue weighted by molar-refractivity contribution is 5.53. The van der Waals surface area contributed by atoms with Gasteiger partial charge in [0.05, 0.1) is 0 Å². The highest BCUT2D eigenvalue weighted by Crippen LogP contribution is 2.43. The van der Waals surface area contributed by atoms with Crippen LogP contribution in [0.3, 0.4) is 0 Å². The first-order valence-corrected chi connectivity index (χ1v) is 8.31. The van der Waals surface area contributed by atoms with Crippen molar-refractivity contribution in [3.05, 3.63) is 59.4 Å². The zero-order valence-electron chi connectivity index (χ0n) is 15.0. The van der Waals surface area contributed by atoms with E-state index in [1.165, 1.54) is 12.1 Å². The van der Waals surface area contributed by atoms with Crippen LogP contribution < -0.4 is 10.1 Å². The van der Waals surface area contributed by atoms with Gasteiger partial charge in [-0.3, -0.25) is 0 Å². The second-order valence-corrected chi connectivity index (χ2v) is 6.75. The molecule has 2 unspecified atom stereocenters. The van der Waals surface area contributed by atoms with Crippen LogP contribution >= 0.6 is 0 Å². The molecule has 2 atom stereocenters. The maximum Gasteiger partial charge on any atom is 0.132 e. The molecule has 0 saturated carbocycles. The van der Waals surface area contributed by atoms with Crippen molar-refractivity contribution >= 4 is 5.69 Å². The summed E-state index contributed by atoms with van der Waals surface area (Å²) in [7, 11) is 3.34. The highest BCUT2D eigenvalue weighted by Gasteiger charge is 2.44. The van der Waals surface area contributed by atoms with Gasteiger partial charge in [-0.25, -0.2) is 4.39 Å². The molecule has 0 amide bonds. The number of halogens is 1. The Bertz CT molecular complexity index is 747. The molecule has 0 fully saturated rings. The molecule has 1 aliphatic rings. The van der Waals surface area contributed by atoms with E-state index in [0.29, 0.717) is 6.54 Å². The third-order valence-electron chi connectivity index (χ3n) is 4.54. The minimum atomic E-state index is -0.487. The molecule has 1 N–H and O–H groups in total. The molecular weight excluding hydrogens is 321 g/mol. The van der Waals surface area contributed by atoms with Gasteiger partial charge < -0.3 is 19.5 Å². The Morgan fingerprint density at radius 1 is 1.12 bits per heavy atom. The first-order chi connectivity index (χ1) is 11.9. The lowest BCUT2D eigenvalue weighted by molar-refractivity contribution is -0.140. The third kappa shape index (κ3) is 3.62. The van der Waals surface area contributed by atoms with Crippen molar-refractivity contribution in [2.45, 2.75) is 38.2 Å². The number of hydrogen-bond acceptors (Lipinski definition) is 4. The molecule has 0 bridgehead atoms. The summed E-state index contributed by atoms with van der Waals surface area (Å²) in [6.07, 6.45) is -0.442. The summed E-state index contributed by atoms with van der Waals surface area (Å²) in [6, 6.07) is 12.4. The molecule has 134 valence electrons. The first-order valence-electron chi connectivity index (χ1n) is 8.31. The molecular formula is C20H24FNO3. The van der Waals surface area contributed by atoms with E-state index in [0.717, 1.165) is 22.6 Å². The van der Waals surface area contributed by atoms with Crippen LogP contribution in [0.5, 0.6) is 5.75 Å². The van der Waals surface area contributed by atoms with Crippen LogP contribution in [0, 0.1) is 5.82 Å². The average molecular weight is 345 g/mol. The molecule has 4 nitrogen and oxygen atoms in total. The Morgan fingerprint density at radius 3 is 2.60 bits per heavy atom. The Balaban J connectivity index is 1.83. The molecule has 0 aliphatic carbocycles. The van der Waals surface area contributed by atoms with E-state index in [-0.39, 0.29) is 18.0 Å². The van der Waals surface area contributed by atoms with E-state index >= 15 is 0 Å². The maximum absolute atomic E-state index is 13.3. The second-order valence-electron chi connectivity index (χ2n) is 6.75. The molecule has 0 saturated heterocycles. The van der Waals surface area contributed by atoms with Gasteiger partial charge in [-0.2, -0.15) is 0 Å². The second kappa shape index (κ2) is 7.02. The summed E-state index contributed by atoms with van der Waals surface area (Å²) in [5.74, 6) is 0.559. The van der Waals surface area contributed by atoms with Crippen LogP contribution in [0.1, 0.15) is 31.1 Å². The van der Waals surface area contributed by atoms with Crippen molar-refractivity contribution in [3.8, 4) is 5.75 Å². The van der Waals surface area contributed by atoms with Crippen molar-refractivity contribution in [2.75, 3.05) is 19.5 Å². The molecule has 1 heterocycles. The van der Waals surface area contributed by atoms with Gasteiger partial charge in [0.25, 0.3) is 0 Å². The predicted molar refractivity (Wildman–Crippen MR) is 95.4 cm³/mol. The number of anilines is 1. The molecule has 0 spiro atoms. The minimum absolute atomic E-state index is 0.219. The Morgan fingerprint density at radius 2 is 1.92 bits per heavy atom. The SMILES string of the molecule is COC1c2cc(NCc3cccc(F)c3)ccc2OC(C)(C)C1OC. The molecule has 3 rings (SSSR count). The smallest absolute Gasteiger partial charge is 0.132 e. The number of rotatable bonds is 5. The summed E-state index contributed by atoms with van der Waals surface area (Å²) in [6.45, 7) is 4.52. The lowest BCUT2D eigenvalue weighted by Crippen LogP contribution is -2.50. The minimum Gasteiger partial charge on any atom is -0.485 e. The molecule has 0 radical (unpaired) electrons. The van der Waals surface area contributed by atoms with E-state index < -0.39 is 5.60 Å². The lowest BCUT2D eigenvalue weighted by Gasteiger charge is -2.43. The van der Waals surface area contributed by atoms with E-state index in [4.69, 9.17) is 14.2 Å². The van der Waals surface area contributed by atoms with Crippen LogP contribution in [-0.2, 0) is 16.0 Å². The fourth-order valence-corrected chi connectivity index (χ4v) is 3.35. The van der Waals surface area contributed by atoms with Crippen LogP contribution in [0.2, 0.25) is 0 Å². The monoisotopic (exact) mass is 345 g/mol. The van der Waals surface area contributed by atoms with Gasteiger partial charge in [0, 0.05) is 32.0 Å². The molecule has 2 aromatic rings. The summed E-state index contributed by atoms with van der Waals surface area (Å²) >= 11 is 0. The van der Waals surface area contributed by atoms with Gasteiger partial charge in [0.2, 0.25) is 0 Å². The van der Waals surface area contributed by atoms with Crippen molar-refractivity contribution in [1.29, 1.82) is 0 Å². The standard InChI is InChI=1S/C20H24FNO3/c1-20(2)19(24-4)18(23-3)16-11-15(8-9-17(16)25-20)22-12-13-6-5-7-14(21)10-13/h5-11,18-19,22H,12H2,1-4H3. The van der Waals surface area contributed by atoms with E-state index in [2.05, 4.69) is 5.32 Å². The quantitative estimate of drug-likeness (QED) is 0.876. The average Bonchev–Trinajstić information content (AvgIpc) is 2.58. The molecule has 1 aliphatic heterocycles. The molecule has 5 heteroatoms. The maximum atomic E-state index is 13.3. The Hall–Kier alpha value is -2.11. The predicted octanol–water partition coefficient (Wildman–Crippen LogP) is 4.31. The fraction of sp³-hybridized carbons (Fsp3) is 0.400. The van der Waals surface area contributed by atoms with Crippen molar-refractivity contribution in [2.24, 2.45) is 0 Å². The number of hydrogen-bond donors (Lipinski definition) is 1. The van der Waals surface area contributed by atoms with Gasteiger partial charge in [0.15, 0.2) is 0 Å². The van der Waals surface area contributed by atoms with Gasteiger partial charge >= 0.3 is 0 Å². The summed E-state index contributed by atoms with van der Waals surface area (Å²) in [5, 5.41) is 3.32. The summed E-state index contributed by atoms with van der Waals surface area (Å²) < 4.78 is 30.7. The van der Waals surface area contributed by atoms with Gasteiger partial charge in [-0.1, -0.05) is 12.1 Å². The van der Waals surface area contributed by atoms with Crippen LogP contribution in [0.25, 0.3) is 0 Å². The number of fused-ring (bicyclic) bond motifs is 1. The summed E-state index contributed by atoms with van der Waals surface area (Å²) in [4.78, 5) is 0. The molecule has 2 aromatic carbocycles. The van der Waals surface area contributed by atoms with Crippen LogP contribution in [0.4, 0.5) is 10.1 Å². The van der Waals surface area contributed by atoms with Crippen LogP contribution in [-0.4, -0.2) is 25.9 Å². The Labute approximate surface area is 147 Å². The number of ether oxygens (including phenoxy) is 3. The van der Waals surface area contributed by atoms with E-state index in [9.17, 15) is 4.39 Å². The number of benzene rings is 2. The van der Waals surface area contributed by atoms with Gasteiger partial charge in [0.1, 0.15) is 29.4 Å². The van der Waals surface area contributed by atoms with E-state index in [1.807, 2.05) is 38.1 Å². The topological polar surface area (TPSA) is 39.7 Å². The normalized spacial score (nSPS) is 21.3. The third-order valence-corrected chi connectivity index (χ3v) is 4.54. The van der Waals surface area contributed by atoms with Crippen molar-refractivity contribution in [3.63, 3.8) is 0 Å². The largest absolute Gasteiger partial charge is 0.485 e. The zero-order valence-corrected chi connectivity index (χ0v) is 15.0. The summed E-state index contributed by atoms with van der Waals surface area (Å²) in [5.41, 5.74) is 2.26. The zero-order chi connectivity index (χ0) is 18.0. The number of nitrogens with one attached hydrogen (secondary N) is 1. The van der Waals surface area contributed by atoms with Gasteiger partial charge in [-0.15, -0.1) is 0 Å². The fourth-order valence-electron chi connectivity index (χ4n) is 3.35. The van der Waals surface area contributed by atoms with Crippen LogP contribution in [0.15, 0.2) is 42.5 Å². The number of methoxy groups -OCH3 is 2. The van der Waals surface area contributed by atoms with Gasteiger partial charge in [-0.05, 0) is 49.7 Å². The van der Waals surface area contributed by atoms with E-state index in [1.54, 1.807) is 20.3 Å². The molecule has 25 heavy (non-hydrogen) atoms. The highest BCUT2D eigenvalue weighted by atomic mass is 19.1.